The number of rotatable bonds is 7. The number of unbranched alkanes of at least 4 members (excludes halogenated alkanes) is 1. The molecule has 1 N–H and O–H groups in total. The highest BCUT2D eigenvalue weighted by atomic mass is 16.7. The Bertz CT molecular complexity index is 820. The van der Waals surface area contributed by atoms with Crippen molar-refractivity contribution in [3.63, 3.8) is 0 Å². The molecule has 2 aliphatic heterocycles. The lowest BCUT2D eigenvalue weighted by molar-refractivity contribution is 0.0942. The minimum absolute atomic E-state index is 0.0155. The smallest absolute Gasteiger partial charge is 0.231 e. The van der Waals surface area contributed by atoms with Gasteiger partial charge in [-0.15, -0.1) is 0 Å². The molecule has 0 aliphatic carbocycles. The topological polar surface area (TPSA) is 66.0 Å². The largest absolute Gasteiger partial charge is 0.454 e. The number of hydrogen-bond donors (Lipinski definition) is 1. The number of Topliss-reactive ketones (excluding diaryl/α,β-unsaturated/α-hetero) is 1. The van der Waals surface area contributed by atoms with Crippen LogP contribution in [0.3, 0.4) is 0 Å². The Morgan fingerprint density at radius 3 is 2.35 bits per heavy atom. The van der Waals surface area contributed by atoms with Gasteiger partial charge in [-0.3, -0.25) is 4.79 Å². The number of carbonyl (C=O) groups is 1. The summed E-state index contributed by atoms with van der Waals surface area (Å²) in [6, 6.07) is 10.5. The van der Waals surface area contributed by atoms with E-state index in [1.54, 1.807) is 18.2 Å². The molecule has 0 spiro atoms. The van der Waals surface area contributed by atoms with Crippen molar-refractivity contribution in [1.29, 1.82) is 0 Å². The lowest BCUT2D eigenvalue weighted by Crippen LogP contribution is -2.29. The predicted molar refractivity (Wildman–Crippen MR) is 95.1 cm³/mol. The van der Waals surface area contributed by atoms with Gasteiger partial charge < -0.3 is 24.3 Å². The fourth-order valence-corrected chi connectivity index (χ4v) is 3.09. The first kappa shape index (κ1) is 16.7. The monoisotopic (exact) mass is 355 g/mol. The summed E-state index contributed by atoms with van der Waals surface area (Å²) in [6.45, 7) is 3.28. The maximum atomic E-state index is 13.2. The Hall–Kier alpha value is -2.73. The second kappa shape index (κ2) is 7.25. The Kier molecular flexibility index (Phi) is 4.67. The molecule has 2 heterocycles. The van der Waals surface area contributed by atoms with Gasteiger partial charge in [0.2, 0.25) is 13.6 Å². The Morgan fingerprint density at radius 2 is 1.62 bits per heavy atom. The Labute approximate surface area is 152 Å². The van der Waals surface area contributed by atoms with E-state index in [-0.39, 0.29) is 19.4 Å². The van der Waals surface area contributed by atoms with E-state index in [2.05, 4.69) is 12.2 Å². The van der Waals surface area contributed by atoms with E-state index in [9.17, 15) is 4.79 Å². The number of fused-ring (bicyclic) bond motifs is 2. The van der Waals surface area contributed by atoms with Gasteiger partial charge in [0.1, 0.15) is 0 Å². The maximum absolute atomic E-state index is 13.2. The predicted octanol–water partition coefficient (Wildman–Crippen LogP) is 3.46. The van der Waals surface area contributed by atoms with E-state index in [1.807, 2.05) is 18.2 Å². The molecule has 0 saturated heterocycles. The number of benzene rings is 2. The molecule has 4 rings (SSSR count). The zero-order valence-corrected chi connectivity index (χ0v) is 14.6. The first-order chi connectivity index (χ1) is 12.8. The SMILES string of the molecule is CCCCN[C@@H](C(=O)c1ccc2c(c1)OCO2)c1ccc2c(c1)OCO2. The summed E-state index contributed by atoms with van der Waals surface area (Å²) in [7, 11) is 0. The van der Waals surface area contributed by atoms with Crippen molar-refractivity contribution in [1.82, 2.24) is 5.32 Å². The van der Waals surface area contributed by atoms with Crippen LogP contribution in [0.5, 0.6) is 23.0 Å². The molecule has 0 radical (unpaired) electrons. The molecule has 2 aliphatic rings. The van der Waals surface area contributed by atoms with Crippen LogP contribution < -0.4 is 24.3 Å². The molecular formula is C20H21NO5. The molecule has 136 valence electrons. The van der Waals surface area contributed by atoms with Crippen LogP contribution in [0.2, 0.25) is 0 Å². The lowest BCUT2D eigenvalue weighted by atomic mass is 9.96. The molecular weight excluding hydrogens is 334 g/mol. The van der Waals surface area contributed by atoms with E-state index >= 15 is 0 Å². The van der Waals surface area contributed by atoms with Crippen molar-refractivity contribution in [2.24, 2.45) is 0 Å². The Balaban J connectivity index is 1.63. The number of ether oxygens (including phenoxy) is 4. The van der Waals surface area contributed by atoms with E-state index < -0.39 is 6.04 Å². The third-order valence-corrected chi connectivity index (χ3v) is 4.53. The standard InChI is InChI=1S/C20H21NO5/c1-2-3-8-21-19(13-4-6-15-17(9-13)25-11-23-15)20(22)14-5-7-16-18(10-14)26-12-24-16/h4-7,9-10,19,21H,2-3,8,11-12H2,1H3/t19-/m1/s1. The van der Waals surface area contributed by atoms with Gasteiger partial charge in [0.25, 0.3) is 0 Å². The van der Waals surface area contributed by atoms with Gasteiger partial charge in [-0.25, -0.2) is 0 Å². The molecule has 6 heteroatoms. The molecule has 1 atom stereocenters. The summed E-state index contributed by atoms with van der Waals surface area (Å²) >= 11 is 0. The molecule has 26 heavy (non-hydrogen) atoms. The molecule has 2 aromatic rings. The second-order valence-electron chi connectivity index (χ2n) is 6.29. The fraction of sp³-hybridized carbons (Fsp3) is 0.350. The van der Waals surface area contributed by atoms with Gasteiger partial charge in [-0.1, -0.05) is 19.4 Å². The zero-order chi connectivity index (χ0) is 17.9. The molecule has 2 aromatic carbocycles. The number of nitrogens with one attached hydrogen (secondary N) is 1. The van der Waals surface area contributed by atoms with Crippen LogP contribution in [0.25, 0.3) is 0 Å². The second-order valence-corrected chi connectivity index (χ2v) is 6.29. The Morgan fingerprint density at radius 1 is 0.962 bits per heavy atom. The fourth-order valence-electron chi connectivity index (χ4n) is 3.09. The van der Waals surface area contributed by atoms with Gasteiger partial charge in [0.05, 0.1) is 6.04 Å². The van der Waals surface area contributed by atoms with E-state index in [0.717, 1.165) is 24.9 Å². The first-order valence-electron chi connectivity index (χ1n) is 8.83. The van der Waals surface area contributed by atoms with Crippen LogP contribution in [0.4, 0.5) is 0 Å². The van der Waals surface area contributed by atoms with Crippen molar-refractivity contribution in [2.75, 3.05) is 20.1 Å². The zero-order valence-electron chi connectivity index (χ0n) is 14.6. The van der Waals surface area contributed by atoms with Gasteiger partial charge in [0.15, 0.2) is 28.8 Å². The highest BCUT2D eigenvalue weighted by Crippen LogP contribution is 2.36. The molecule has 0 unspecified atom stereocenters. The van der Waals surface area contributed by atoms with Crippen molar-refractivity contribution >= 4 is 5.78 Å². The molecule has 0 fully saturated rings. The minimum Gasteiger partial charge on any atom is -0.454 e. The number of ketones is 1. The first-order valence-corrected chi connectivity index (χ1v) is 8.83. The van der Waals surface area contributed by atoms with Crippen molar-refractivity contribution < 1.29 is 23.7 Å². The molecule has 0 saturated carbocycles. The average Bonchev–Trinajstić information content (AvgIpc) is 3.32. The van der Waals surface area contributed by atoms with Crippen molar-refractivity contribution in [3.8, 4) is 23.0 Å². The van der Waals surface area contributed by atoms with Crippen LogP contribution in [-0.2, 0) is 0 Å². The quantitative estimate of drug-likeness (QED) is 0.606. The number of hydrogen-bond acceptors (Lipinski definition) is 6. The maximum Gasteiger partial charge on any atom is 0.231 e. The summed E-state index contributed by atoms with van der Waals surface area (Å²) in [5, 5.41) is 3.38. The normalized spacial score (nSPS) is 15.1. The van der Waals surface area contributed by atoms with Gasteiger partial charge >= 0.3 is 0 Å². The summed E-state index contributed by atoms with van der Waals surface area (Å²) in [4.78, 5) is 13.2. The van der Waals surface area contributed by atoms with Crippen LogP contribution in [0.15, 0.2) is 36.4 Å². The third-order valence-electron chi connectivity index (χ3n) is 4.53. The minimum atomic E-state index is -0.462. The van der Waals surface area contributed by atoms with Gasteiger partial charge in [0, 0.05) is 5.56 Å². The summed E-state index contributed by atoms with van der Waals surface area (Å²) in [6.07, 6.45) is 2.05. The number of carbonyl (C=O) groups excluding carboxylic acids is 1. The molecule has 0 bridgehead atoms. The molecule has 6 nitrogen and oxygen atoms in total. The summed E-state index contributed by atoms with van der Waals surface area (Å²) in [5.41, 5.74) is 1.44. The highest BCUT2D eigenvalue weighted by Gasteiger charge is 2.26. The van der Waals surface area contributed by atoms with Gasteiger partial charge in [-0.2, -0.15) is 0 Å². The molecule has 0 aromatic heterocycles. The average molecular weight is 355 g/mol. The third kappa shape index (κ3) is 3.20. The van der Waals surface area contributed by atoms with Crippen molar-refractivity contribution in [3.05, 3.63) is 47.5 Å². The van der Waals surface area contributed by atoms with E-state index in [4.69, 9.17) is 18.9 Å². The van der Waals surface area contributed by atoms with Crippen LogP contribution >= 0.6 is 0 Å². The lowest BCUT2D eigenvalue weighted by Gasteiger charge is -2.19. The van der Waals surface area contributed by atoms with Crippen LogP contribution in [0, 0.1) is 0 Å². The van der Waals surface area contributed by atoms with E-state index in [0.29, 0.717) is 28.6 Å². The van der Waals surface area contributed by atoms with Crippen molar-refractivity contribution in [2.45, 2.75) is 25.8 Å². The van der Waals surface area contributed by atoms with E-state index in [1.165, 1.54) is 0 Å². The summed E-state index contributed by atoms with van der Waals surface area (Å²) in [5.74, 6) is 2.63. The van der Waals surface area contributed by atoms with Crippen LogP contribution in [-0.4, -0.2) is 25.9 Å². The summed E-state index contributed by atoms with van der Waals surface area (Å²) < 4.78 is 21.6. The highest BCUT2D eigenvalue weighted by molar-refractivity contribution is 6.01. The van der Waals surface area contributed by atoms with Crippen LogP contribution in [0.1, 0.15) is 41.7 Å². The van der Waals surface area contributed by atoms with Gasteiger partial charge in [-0.05, 0) is 48.9 Å². The molecule has 0 amide bonds.